The minimum Gasteiger partial charge on any atom is -0.497 e. The van der Waals surface area contributed by atoms with Gasteiger partial charge in [0.2, 0.25) is 0 Å². The fourth-order valence-corrected chi connectivity index (χ4v) is 3.79. The predicted octanol–water partition coefficient (Wildman–Crippen LogP) is 4.81. The number of imide groups is 1. The third-order valence-electron chi connectivity index (χ3n) is 5.38. The smallest absolute Gasteiger partial charge is 0.282 e. The summed E-state index contributed by atoms with van der Waals surface area (Å²) in [5.74, 6) is 0.0299. The second kappa shape index (κ2) is 8.48. The van der Waals surface area contributed by atoms with E-state index in [0.29, 0.717) is 34.8 Å². The van der Waals surface area contributed by atoms with Crippen LogP contribution < -0.4 is 14.5 Å². The lowest BCUT2D eigenvalue weighted by Crippen LogP contribution is -2.35. The Morgan fingerprint density at radius 1 is 0.839 bits per heavy atom. The molecule has 4 rings (SSSR count). The van der Waals surface area contributed by atoms with E-state index in [1.165, 1.54) is 4.90 Å². The quantitative estimate of drug-likeness (QED) is 0.545. The highest BCUT2D eigenvalue weighted by molar-refractivity contribution is 6.46. The van der Waals surface area contributed by atoms with Gasteiger partial charge in [-0.05, 0) is 55.8 Å². The van der Waals surface area contributed by atoms with Crippen LogP contribution in [-0.2, 0) is 9.59 Å². The van der Waals surface area contributed by atoms with E-state index < -0.39 is 0 Å². The van der Waals surface area contributed by atoms with Gasteiger partial charge in [0.25, 0.3) is 11.8 Å². The zero-order valence-corrected chi connectivity index (χ0v) is 17.8. The van der Waals surface area contributed by atoms with E-state index in [4.69, 9.17) is 4.74 Å². The topological polar surface area (TPSA) is 49.9 Å². The molecular weight excluding hydrogens is 388 g/mol. The molecule has 1 aliphatic rings. The zero-order valence-electron chi connectivity index (χ0n) is 17.8. The molecule has 3 aromatic carbocycles. The van der Waals surface area contributed by atoms with Crippen LogP contribution in [-0.4, -0.2) is 25.5 Å². The summed E-state index contributed by atoms with van der Waals surface area (Å²) in [5, 5.41) is 0. The maximum Gasteiger partial charge on any atom is 0.282 e. The Balaban J connectivity index is 1.88. The van der Waals surface area contributed by atoms with Crippen LogP contribution in [0.4, 0.5) is 11.4 Å². The van der Waals surface area contributed by atoms with E-state index in [-0.39, 0.29) is 11.8 Å². The van der Waals surface area contributed by atoms with E-state index in [1.54, 1.807) is 31.4 Å². The first-order valence-electron chi connectivity index (χ1n) is 10.2. The molecule has 5 heteroatoms. The molecule has 1 heterocycles. The standard InChI is InChI=1S/C26H24N2O3/c1-4-27(20-8-6-5-7-9-20)24-23(19-12-16-22(31-3)17-13-19)25(29)28(26(24)30)21-14-10-18(2)11-15-21/h5-17H,4H2,1-3H3. The van der Waals surface area contributed by atoms with Crippen molar-refractivity contribution < 1.29 is 14.3 Å². The maximum atomic E-state index is 13.7. The summed E-state index contributed by atoms with van der Waals surface area (Å²) in [6, 6.07) is 24.3. The Morgan fingerprint density at radius 3 is 2.06 bits per heavy atom. The Labute approximate surface area is 182 Å². The lowest BCUT2D eigenvalue weighted by atomic mass is 10.0. The summed E-state index contributed by atoms with van der Waals surface area (Å²) in [6.07, 6.45) is 0. The Hall–Kier alpha value is -3.86. The second-order valence-corrected chi connectivity index (χ2v) is 7.31. The van der Waals surface area contributed by atoms with Gasteiger partial charge in [-0.15, -0.1) is 0 Å². The van der Waals surface area contributed by atoms with Crippen molar-refractivity contribution >= 4 is 28.8 Å². The van der Waals surface area contributed by atoms with Gasteiger partial charge in [-0.1, -0.05) is 48.0 Å². The van der Waals surface area contributed by atoms with E-state index in [2.05, 4.69) is 0 Å². The van der Waals surface area contributed by atoms with Crippen LogP contribution in [0.3, 0.4) is 0 Å². The van der Waals surface area contributed by atoms with Gasteiger partial charge in [-0.2, -0.15) is 0 Å². The molecule has 0 saturated carbocycles. The second-order valence-electron chi connectivity index (χ2n) is 7.31. The van der Waals surface area contributed by atoms with Gasteiger partial charge in [-0.3, -0.25) is 9.59 Å². The fourth-order valence-electron chi connectivity index (χ4n) is 3.79. The van der Waals surface area contributed by atoms with Crippen molar-refractivity contribution in [3.05, 3.63) is 95.7 Å². The summed E-state index contributed by atoms with van der Waals surface area (Å²) < 4.78 is 5.26. The molecule has 0 aromatic heterocycles. The molecule has 0 aliphatic carbocycles. The monoisotopic (exact) mass is 412 g/mol. The molecule has 5 nitrogen and oxygen atoms in total. The molecule has 2 amide bonds. The van der Waals surface area contributed by atoms with Gasteiger partial charge >= 0.3 is 0 Å². The van der Waals surface area contributed by atoms with Crippen LogP contribution in [0.5, 0.6) is 5.75 Å². The average molecular weight is 412 g/mol. The van der Waals surface area contributed by atoms with Gasteiger partial charge in [0.05, 0.1) is 18.4 Å². The SMILES string of the molecule is CCN(C1=C(c2ccc(OC)cc2)C(=O)N(c2ccc(C)cc2)C1=O)c1ccccc1. The minimum atomic E-state index is -0.330. The minimum absolute atomic E-state index is 0.328. The van der Waals surface area contributed by atoms with Crippen LogP contribution in [0, 0.1) is 6.92 Å². The number of benzene rings is 3. The van der Waals surface area contributed by atoms with Crippen LogP contribution in [0.25, 0.3) is 5.57 Å². The molecule has 0 spiro atoms. The highest BCUT2D eigenvalue weighted by Crippen LogP contribution is 2.37. The zero-order chi connectivity index (χ0) is 22.0. The Kier molecular flexibility index (Phi) is 5.58. The lowest BCUT2D eigenvalue weighted by Gasteiger charge is -2.25. The molecule has 156 valence electrons. The molecular formula is C26H24N2O3. The van der Waals surface area contributed by atoms with Crippen molar-refractivity contribution in [1.82, 2.24) is 0 Å². The van der Waals surface area contributed by atoms with Crippen molar-refractivity contribution in [3.63, 3.8) is 0 Å². The number of amides is 2. The summed E-state index contributed by atoms with van der Waals surface area (Å²) in [4.78, 5) is 30.4. The third kappa shape index (κ3) is 3.70. The number of aryl methyl sites for hydroxylation is 1. The number of ether oxygens (including phenoxy) is 1. The number of hydrogen-bond acceptors (Lipinski definition) is 4. The van der Waals surface area contributed by atoms with Crippen molar-refractivity contribution in [3.8, 4) is 5.75 Å². The van der Waals surface area contributed by atoms with E-state index in [9.17, 15) is 9.59 Å². The van der Waals surface area contributed by atoms with Gasteiger partial charge in [0.1, 0.15) is 11.4 Å². The van der Waals surface area contributed by atoms with Crippen LogP contribution >= 0.6 is 0 Å². The first-order valence-corrected chi connectivity index (χ1v) is 10.2. The number of rotatable bonds is 6. The van der Waals surface area contributed by atoms with E-state index in [1.807, 2.05) is 73.3 Å². The maximum absolute atomic E-state index is 13.7. The highest BCUT2D eigenvalue weighted by atomic mass is 16.5. The van der Waals surface area contributed by atoms with Crippen molar-refractivity contribution in [2.45, 2.75) is 13.8 Å². The number of para-hydroxylation sites is 1. The Bertz CT molecular complexity index is 1130. The van der Waals surface area contributed by atoms with Crippen LogP contribution in [0.2, 0.25) is 0 Å². The predicted molar refractivity (Wildman–Crippen MR) is 123 cm³/mol. The molecule has 0 saturated heterocycles. The molecule has 0 radical (unpaired) electrons. The number of carbonyl (C=O) groups excluding carboxylic acids is 2. The number of nitrogens with zero attached hydrogens (tertiary/aromatic N) is 2. The van der Waals surface area contributed by atoms with Crippen molar-refractivity contribution in [1.29, 1.82) is 0 Å². The number of likely N-dealkylation sites (N-methyl/N-ethyl adjacent to an activating group) is 1. The lowest BCUT2D eigenvalue weighted by molar-refractivity contribution is -0.120. The first-order chi connectivity index (χ1) is 15.0. The van der Waals surface area contributed by atoms with Gasteiger partial charge in [0.15, 0.2) is 0 Å². The van der Waals surface area contributed by atoms with Gasteiger partial charge < -0.3 is 9.64 Å². The molecule has 0 N–H and O–H groups in total. The molecule has 0 fully saturated rings. The molecule has 0 unspecified atom stereocenters. The molecule has 0 bridgehead atoms. The number of hydrogen-bond donors (Lipinski definition) is 0. The largest absolute Gasteiger partial charge is 0.497 e. The summed E-state index contributed by atoms with van der Waals surface area (Å²) in [7, 11) is 1.59. The molecule has 0 atom stereocenters. The van der Waals surface area contributed by atoms with Crippen molar-refractivity contribution in [2.75, 3.05) is 23.5 Å². The molecule has 31 heavy (non-hydrogen) atoms. The first kappa shape index (κ1) is 20.4. The van der Waals surface area contributed by atoms with Gasteiger partial charge in [0, 0.05) is 12.2 Å². The van der Waals surface area contributed by atoms with E-state index >= 15 is 0 Å². The van der Waals surface area contributed by atoms with E-state index in [0.717, 1.165) is 11.3 Å². The third-order valence-corrected chi connectivity index (χ3v) is 5.38. The number of methoxy groups -OCH3 is 1. The van der Waals surface area contributed by atoms with Crippen molar-refractivity contribution in [2.24, 2.45) is 0 Å². The average Bonchev–Trinajstić information content (AvgIpc) is 3.06. The molecule has 1 aliphatic heterocycles. The molecule has 3 aromatic rings. The fraction of sp³-hybridized carbons (Fsp3) is 0.154. The highest BCUT2D eigenvalue weighted by Gasteiger charge is 2.42. The van der Waals surface area contributed by atoms with Crippen LogP contribution in [0.15, 0.2) is 84.6 Å². The summed E-state index contributed by atoms with van der Waals surface area (Å²) >= 11 is 0. The Morgan fingerprint density at radius 2 is 1.48 bits per heavy atom. The van der Waals surface area contributed by atoms with Gasteiger partial charge in [-0.25, -0.2) is 4.90 Å². The van der Waals surface area contributed by atoms with Crippen LogP contribution in [0.1, 0.15) is 18.1 Å². The number of carbonyl (C=O) groups is 2. The summed E-state index contributed by atoms with van der Waals surface area (Å²) in [6.45, 7) is 4.48. The normalized spacial score (nSPS) is 13.7. The number of anilines is 2. The summed E-state index contributed by atoms with van der Waals surface area (Å²) in [5.41, 5.74) is 3.93.